The van der Waals surface area contributed by atoms with E-state index in [0.717, 1.165) is 49.4 Å². The first-order chi connectivity index (χ1) is 13.7. The zero-order valence-corrected chi connectivity index (χ0v) is 19.8. The maximum absolute atomic E-state index is 13.2. The Kier molecular flexibility index (Phi) is 5.99. The van der Waals surface area contributed by atoms with E-state index in [1.165, 1.54) is 44.9 Å². The van der Waals surface area contributed by atoms with Crippen LogP contribution in [0.4, 0.5) is 0 Å². The van der Waals surface area contributed by atoms with Crippen LogP contribution in [-0.2, 0) is 4.79 Å². The van der Waals surface area contributed by atoms with Crippen LogP contribution < -0.4 is 0 Å². The number of carbonyl (C=O) groups excluding carboxylic acids is 1. The zero-order chi connectivity index (χ0) is 21.0. The van der Waals surface area contributed by atoms with Crippen molar-refractivity contribution in [1.82, 2.24) is 0 Å². The van der Waals surface area contributed by atoms with E-state index in [1.807, 2.05) is 0 Å². The lowest BCUT2D eigenvalue weighted by atomic mass is 9.44. The molecule has 0 aliphatic heterocycles. The Balaban J connectivity index is 1.50. The second-order valence-electron chi connectivity index (χ2n) is 12.6. The summed E-state index contributed by atoms with van der Waals surface area (Å²) in [7, 11) is 0. The van der Waals surface area contributed by atoms with Crippen LogP contribution in [0.5, 0.6) is 0 Å². The molecular formula is C27H46O2. The van der Waals surface area contributed by atoms with Crippen LogP contribution in [0.15, 0.2) is 0 Å². The second-order valence-corrected chi connectivity index (χ2v) is 12.6. The van der Waals surface area contributed by atoms with Crippen molar-refractivity contribution in [2.24, 2.45) is 52.3 Å². The second kappa shape index (κ2) is 7.95. The third-order valence-corrected chi connectivity index (χ3v) is 10.6. The van der Waals surface area contributed by atoms with E-state index in [4.69, 9.17) is 0 Å². The maximum Gasteiger partial charge on any atom is 0.136 e. The smallest absolute Gasteiger partial charge is 0.136 e. The van der Waals surface area contributed by atoms with Gasteiger partial charge in [0.25, 0.3) is 0 Å². The molecule has 4 aliphatic rings. The number of aliphatic hydroxyl groups excluding tert-OH is 1. The van der Waals surface area contributed by atoms with Crippen LogP contribution in [-0.4, -0.2) is 17.0 Å². The van der Waals surface area contributed by atoms with Gasteiger partial charge in [-0.1, -0.05) is 53.9 Å². The number of fused-ring (bicyclic) bond motifs is 5. The van der Waals surface area contributed by atoms with Crippen LogP contribution in [0.1, 0.15) is 105 Å². The third kappa shape index (κ3) is 3.64. The van der Waals surface area contributed by atoms with Crippen molar-refractivity contribution in [2.75, 3.05) is 0 Å². The Morgan fingerprint density at radius 1 is 0.966 bits per heavy atom. The molecule has 0 aromatic rings. The molecule has 0 spiro atoms. The van der Waals surface area contributed by atoms with Gasteiger partial charge in [-0.05, 0) is 91.3 Å². The third-order valence-electron chi connectivity index (χ3n) is 10.6. The minimum Gasteiger partial charge on any atom is -0.393 e. The molecule has 0 saturated heterocycles. The topological polar surface area (TPSA) is 37.3 Å². The van der Waals surface area contributed by atoms with Gasteiger partial charge < -0.3 is 5.11 Å². The van der Waals surface area contributed by atoms with E-state index in [9.17, 15) is 9.90 Å². The molecule has 0 aromatic heterocycles. The Morgan fingerprint density at radius 2 is 1.66 bits per heavy atom. The van der Waals surface area contributed by atoms with Gasteiger partial charge in [0, 0.05) is 12.3 Å². The van der Waals surface area contributed by atoms with Gasteiger partial charge in [0.15, 0.2) is 0 Å². The first-order valence-electron chi connectivity index (χ1n) is 12.9. The summed E-state index contributed by atoms with van der Waals surface area (Å²) >= 11 is 0. The van der Waals surface area contributed by atoms with E-state index >= 15 is 0 Å². The molecule has 0 amide bonds. The summed E-state index contributed by atoms with van der Waals surface area (Å²) in [5.74, 6) is 5.21. The van der Waals surface area contributed by atoms with Gasteiger partial charge in [-0.2, -0.15) is 0 Å². The molecule has 166 valence electrons. The van der Waals surface area contributed by atoms with Crippen LogP contribution in [0, 0.1) is 52.3 Å². The van der Waals surface area contributed by atoms with E-state index in [2.05, 4.69) is 34.6 Å². The molecule has 9 atom stereocenters. The van der Waals surface area contributed by atoms with Crippen molar-refractivity contribution in [1.29, 1.82) is 0 Å². The molecule has 4 saturated carbocycles. The van der Waals surface area contributed by atoms with E-state index < -0.39 is 0 Å². The van der Waals surface area contributed by atoms with Gasteiger partial charge in [-0.25, -0.2) is 0 Å². The average Bonchev–Trinajstić information content (AvgIpc) is 3.00. The van der Waals surface area contributed by atoms with Crippen LogP contribution >= 0.6 is 0 Å². The summed E-state index contributed by atoms with van der Waals surface area (Å²) in [6.07, 6.45) is 12.8. The van der Waals surface area contributed by atoms with Crippen molar-refractivity contribution < 1.29 is 9.90 Å². The maximum atomic E-state index is 13.2. The molecular weight excluding hydrogens is 356 g/mol. The van der Waals surface area contributed by atoms with Crippen LogP contribution in [0.25, 0.3) is 0 Å². The monoisotopic (exact) mass is 402 g/mol. The minimum absolute atomic E-state index is 0.129. The summed E-state index contributed by atoms with van der Waals surface area (Å²) in [5.41, 5.74) is 0.609. The Labute approximate surface area is 179 Å². The molecule has 2 nitrogen and oxygen atoms in total. The predicted molar refractivity (Wildman–Crippen MR) is 119 cm³/mol. The minimum atomic E-state index is -0.245. The first-order valence-corrected chi connectivity index (χ1v) is 12.9. The van der Waals surface area contributed by atoms with Crippen molar-refractivity contribution in [3.63, 3.8) is 0 Å². The fourth-order valence-electron chi connectivity index (χ4n) is 9.04. The number of Topliss-reactive ketones (excluding diaryl/α,β-unsaturated/α-hetero) is 1. The van der Waals surface area contributed by atoms with Crippen molar-refractivity contribution in [3.8, 4) is 0 Å². The predicted octanol–water partition coefficient (Wildman–Crippen LogP) is 6.65. The van der Waals surface area contributed by atoms with Gasteiger partial charge in [0.2, 0.25) is 0 Å². The number of hydrogen-bond donors (Lipinski definition) is 1. The summed E-state index contributed by atoms with van der Waals surface area (Å²) in [4.78, 5) is 13.2. The number of aliphatic hydroxyl groups is 1. The van der Waals surface area contributed by atoms with E-state index in [0.29, 0.717) is 23.0 Å². The molecule has 4 rings (SSSR count). The van der Waals surface area contributed by atoms with Gasteiger partial charge in [0.05, 0.1) is 6.10 Å². The molecule has 4 aliphatic carbocycles. The molecule has 7 unspecified atom stereocenters. The van der Waals surface area contributed by atoms with Crippen LogP contribution in [0.2, 0.25) is 0 Å². The average molecular weight is 403 g/mol. The molecule has 2 heteroatoms. The van der Waals surface area contributed by atoms with E-state index in [-0.39, 0.29) is 17.4 Å². The van der Waals surface area contributed by atoms with Crippen molar-refractivity contribution in [2.45, 2.75) is 111 Å². The number of hydrogen-bond acceptors (Lipinski definition) is 2. The molecule has 0 radical (unpaired) electrons. The fourth-order valence-corrected chi connectivity index (χ4v) is 9.04. The normalized spacial score (nSPS) is 48.2. The molecule has 4 fully saturated rings. The largest absolute Gasteiger partial charge is 0.393 e. The first kappa shape index (κ1) is 21.8. The Morgan fingerprint density at radius 3 is 2.38 bits per heavy atom. The molecule has 1 N–H and O–H groups in total. The van der Waals surface area contributed by atoms with Gasteiger partial charge in [-0.3, -0.25) is 4.79 Å². The quantitative estimate of drug-likeness (QED) is 0.559. The van der Waals surface area contributed by atoms with Gasteiger partial charge >= 0.3 is 0 Å². The molecule has 0 heterocycles. The van der Waals surface area contributed by atoms with Gasteiger partial charge in [-0.15, -0.1) is 0 Å². The lowest BCUT2D eigenvalue weighted by Gasteiger charge is -2.60. The van der Waals surface area contributed by atoms with Gasteiger partial charge in [0.1, 0.15) is 5.78 Å². The molecule has 29 heavy (non-hydrogen) atoms. The lowest BCUT2D eigenvalue weighted by molar-refractivity contribution is -0.160. The van der Waals surface area contributed by atoms with Crippen molar-refractivity contribution in [3.05, 3.63) is 0 Å². The summed E-state index contributed by atoms with van der Waals surface area (Å²) in [5, 5.41) is 10.2. The number of ketones is 1. The zero-order valence-electron chi connectivity index (χ0n) is 19.8. The lowest BCUT2D eigenvalue weighted by Crippen LogP contribution is -2.57. The Hall–Kier alpha value is -0.370. The molecule has 0 bridgehead atoms. The number of carbonyl (C=O) groups is 1. The molecule has 0 aromatic carbocycles. The SMILES string of the molecule is CC(C)CCCC(C)C1CCC2C3CC(=O)C4CC(O)CC[C@]4(C)C3CC[C@]12C. The highest BCUT2D eigenvalue weighted by Gasteiger charge is 2.62. The highest BCUT2D eigenvalue weighted by Crippen LogP contribution is 2.67. The summed E-state index contributed by atoms with van der Waals surface area (Å²) in [6, 6.07) is 0. The number of rotatable bonds is 5. The van der Waals surface area contributed by atoms with Crippen LogP contribution in [0.3, 0.4) is 0 Å². The Bertz CT molecular complexity index is 612. The highest BCUT2D eigenvalue weighted by atomic mass is 16.3. The summed E-state index contributed by atoms with van der Waals surface area (Å²) in [6.45, 7) is 12.2. The standard InChI is InChI=1S/C27H46O2/c1-17(2)7-6-8-18(3)21-9-10-22-20-16-25(29)24-15-19(28)11-13-27(24,5)23(20)12-14-26(21,22)4/h17-24,28H,6-16H2,1-5H3/t18?,19?,20?,21?,22?,23?,24?,26-,27-/m1/s1. The fraction of sp³-hybridized carbons (Fsp3) is 0.963. The summed E-state index contributed by atoms with van der Waals surface area (Å²) < 4.78 is 0. The van der Waals surface area contributed by atoms with Crippen molar-refractivity contribution >= 4 is 5.78 Å². The van der Waals surface area contributed by atoms with E-state index in [1.54, 1.807) is 0 Å². The highest BCUT2D eigenvalue weighted by molar-refractivity contribution is 5.83.